The molecule has 0 unspecified atom stereocenters. The summed E-state index contributed by atoms with van der Waals surface area (Å²) < 4.78 is 0. The Bertz CT molecular complexity index is 686. The van der Waals surface area contributed by atoms with Crippen molar-refractivity contribution < 1.29 is 9.59 Å². The van der Waals surface area contributed by atoms with Gasteiger partial charge in [0.15, 0.2) is 5.13 Å². The van der Waals surface area contributed by atoms with Gasteiger partial charge in [0, 0.05) is 43.2 Å². The van der Waals surface area contributed by atoms with Gasteiger partial charge in [0.2, 0.25) is 11.8 Å². The maximum absolute atomic E-state index is 12.0. The van der Waals surface area contributed by atoms with Crippen molar-refractivity contribution in [3.05, 3.63) is 41.2 Å². The number of anilines is 1. The monoisotopic (exact) mass is 330 g/mol. The maximum Gasteiger partial charge on any atom is 0.228 e. The molecule has 7 heteroatoms. The smallest absolute Gasteiger partial charge is 0.228 e. The summed E-state index contributed by atoms with van der Waals surface area (Å²) in [6.07, 6.45) is 4.15. The zero-order chi connectivity index (χ0) is 16.1. The van der Waals surface area contributed by atoms with Crippen LogP contribution in [0.2, 0.25) is 0 Å². The molecule has 6 nitrogen and oxygen atoms in total. The van der Waals surface area contributed by atoms with Gasteiger partial charge >= 0.3 is 0 Å². The average molecular weight is 330 g/mol. The summed E-state index contributed by atoms with van der Waals surface area (Å²) in [5.74, 6) is 0.0521. The largest absolute Gasteiger partial charge is 0.355 e. The minimum absolute atomic E-state index is 0.0643. The molecule has 0 radical (unpaired) electrons. The fraction of sp³-hybridized carbons (Fsp3) is 0.375. The van der Waals surface area contributed by atoms with E-state index < -0.39 is 0 Å². The summed E-state index contributed by atoms with van der Waals surface area (Å²) in [4.78, 5) is 34.0. The molecule has 0 aliphatic carbocycles. The van der Waals surface area contributed by atoms with Crippen LogP contribution < -0.4 is 10.2 Å². The Morgan fingerprint density at radius 2 is 2.26 bits per heavy atom. The van der Waals surface area contributed by atoms with Crippen molar-refractivity contribution in [2.24, 2.45) is 0 Å². The van der Waals surface area contributed by atoms with Gasteiger partial charge in [-0.1, -0.05) is 6.07 Å². The lowest BCUT2D eigenvalue weighted by molar-refractivity contribution is -0.120. The number of thiazole rings is 1. The number of nitrogens with zero attached hydrogens (tertiary/aromatic N) is 3. The zero-order valence-electron chi connectivity index (χ0n) is 12.7. The Labute approximate surface area is 138 Å². The van der Waals surface area contributed by atoms with E-state index in [1.807, 2.05) is 23.6 Å². The number of hydrogen-bond acceptors (Lipinski definition) is 5. The lowest BCUT2D eigenvalue weighted by atomic mass is 10.2. The third kappa shape index (κ3) is 4.13. The molecule has 0 atom stereocenters. The third-order valence-corrected chi connectivity index (χ3v) is 4.53. The Hall–Kier alpha value is -2.28. The molecule has 120 valence electrons. The number of hydrogen-bond donors (Lipinski definition) is 1. The molecule has 1 aliphatic rings. The van der Waals surface area contributed by atoms with Gasteiger partial charge in [0.1, 0.15) is 0 Å². The molecule has 0 saturated carbocycles. The first-order valence-corrected chi connectivity index (χ1v) is 8.52. The van der Waals surface area contributed by atoms with Gasteiger partial charge in [-0.2, -0.15) is 0 Å². The highest BCUT2D eigenvalue weighted by molar-refractivity contribution is 7.14. The molecule has 2 aromatic rings. The van der Waals surface area contributed by atoms with Crippen LogP contribution in [0.3, 0.4) is 0 Å². The first kappa shape index (κ1) is 15.6. The number of nitrogens with one attached hydrogen (secondary N) is 1. The van der Waals surface area contributed by atoms with Gasteiger partial charge in [0.25, 0.3) is 0 Å². The normalized spacial score (nSPS) is 14.3. The van der Waals surface area contributed by atoms with Crippen LogP contribution >= 0.6 is 11.3 Å². The second-order valence-electron chi connectivity index (χ2n) is 5.37. The molecule has 3 heterocycles. The quantitative estimate of drug-likeness (QED) is 0.872. The Morgan fingerprint density at radius 1 is 1.35 bits per heavy atom. The number of rotatable bonds is 6. The van der Waals surface area contributed by atoms with Crippen molar-refractivity contribution in [3.63, 3.8) is 0 Å². The second kappa shape index (κ2) is 7.32. The predicted molar refractivity (Wildman–Crippen MR) is 88.4 cm³/mol. The molecular weight excluding hydrogens is 312 g/mol. The van der Waals surface area contributed by atoms with Gasteiger partial charge in [-0.05, 0) is 18.6 Å². The summed E-state index contributed by atoms with van der Waals surface area (Å²) in [6, 6.07) is 5.74. The van der Waals surface area contributed by atoms with E-state index >= 15 is 0 Å². The Kier molecular flexibility index (Phi) is 4.97. The average Bonchev–Trinajstić information content (AvgIpc) is 3.17. The van der Waals surface area contributed by atoms with Crippen LogP contribution in [0.15, 0.2) is 29.8 Å². The van der Waals surface area contributed by atoms with E-state index in [0.717, 1.165) is 18.7 Å². The summed E-state index contributed by atoms with van der Waals surface area (Å²) in [7, 11) is 0. The van der Waals surface area contributed by atoms with Gasteiger partial charge < -0.3 is 5.32 Å². The number of amides is 2. The van der Waals surface area contributed by atoms with E-state index in [-0.39, 0.29) is 18.2 Å². The number of aromatic nitrogens is 2. The zero-order valence-corrected chi connectivity index (χ0v) is 13.5. The van der Waals surface area contributed by atoms with Crippen LogP contribution in [0, 0.1) is 0 Å². The first-order valence-electron chi connectivity index (χ1n) is 7.64. The summed E-state index contributed by atoms with van der Waals surface area (Å²) in [5, 5.41) is 5.42. The molecule has 2 amide bonds. The summed E-state index contributed by atoms with van der Waals surface area (Å²) in [6.45, 7) is 1.28. The van der Waals surface area contributed by atoms with Gasteiger partial charge in [0.05, 0.1) is 12.1 Å². The second-order valence-corrected chi connectivity index (χ2v) is 6.20. The van der Waals surface area contributed by atoms with Gasteiger partial charge in [-0.3, -0.25) is 19.5 Å². The summed E-state index contributed by atoms with van der Waals surface area (Å²) >= 11 is 1.42. The van der Waals surface area contributed by atoms with E-state index in [4.69, 9.17) is 0 Å². The van der Waals surface area contributed by atoms with E-state index in [1.165, 1.54) is 11.3 Å². The van der Waals surface area contributed by atoms with E-state index in [1.54, 1.807) is 11.1 Å². The van der Waals surface area contributed by atoms with Crippen LogP contribution in [0.5, 0.6) is 0 Å². The Balaban J connectivity index is 1.46. The van der Waals surface area contributed by atoms with Crippen LogP contribution in [-0.2, 0) is 22.4 Å². The molecule has 1 aliphatic heterocycles. The number of pyridine rings is 1. The molecule has 0 spiro atoms. The Morgan fingerprint density at radius 3 is 3.00 bits per heavy atom. The highest BCUT2D eigenvalue weighted by Gasteiger charge is 2.24. The predicted octanol–water partition coefficient (Wildman–Crippen LogP) is 1.57. The molecule has 1 N–H and O–H groups in total. The molecule has 1 fully saturated rings. The van der Waals surface area contributed by atoms with Gasteiger partial charge in [-0.15, -0.1) is 11.3 Å². The molecule has 2 aromatic heterocycles. The van der Waals surface area contributed by atoms with E-state index in [2.05, 4.69) is 15.3 Å². The van der Waals surface area contributed by atoms with Crippen molar-refractivity contribution in [2.45, 2.75) is 25.7 Å². The van der Waals surface area contributed by atoms with E-state index in [9.17, 15) is 9.59 Å². The molecule has 3 rings (SSSR count). The maximum atomic E-state index is 12.0. The third-order valence-electron chi connectivity index (χ3n) is 3.62. The molecule has 0 bridgehead atoms. The summed E-state index contributed by atoms with van der Waals surface area (Å²) in [5.41, 5.74) is 1.66. The van der Waals surface area contributed by atoms with Gasteiger partial charge in [-0.25, -0.2) is 4.98 Å². The minimum atomic E-state index is -0.0643. The first-order chi connectivity index (χ1) is 11.2. The van der Waals surface area contributed by atoms with Crippen molar-refractivity contribution in [1.82, 2.24) is 15.3 Å². The standard InChI is InChI=1S/C16H18N4O2S/c21-14(18-8-6-12-4-1-2-7-17-12)10-13-11-23-16(19-13)20-9-3-5-15(20)22/h1-2,4,7,11H,3,5-6,8-10H2,(H,18,21). The number of carbonyl (C=O) groups is 2. The fourth-order valence-electron chi connectivity index (χ4n) is 2.45. The highest BCUT2D eigenvalue weighted by Crippen LogP contribution is 2.25. The SMILES string of the molecule is O=C(Cc1csc(N2CCCC2=O)n1)NCCc1ccccn1. The topological polar surface area (TPSA) is 75.2 Å². The minimum Gasteiger partial charge on any atom is -0.355 e. The highest BCUT2D eigenvalue weighted by atomic mass is 32.1. The van der Waals surface area contributed by atoms with Crippen molar-refractivity contribution in [3.8, 4) is 0 Å². The molecule has 0 aromatic carbocycles. The molecular formula is C16H18N4O2S. The fourth-order valence-corrected chi connectivity index (χ4v) is 3.32. The lowest BCUT2D eigenvalue weighted by Crippen LogP contribution is -2.27. The van der Waals surface area contributed by atoms with Crippen LogP contribution in [-0.4, -0.2) is 34.9 Å². The molecule has 23 heavy (non-hydrogen) atoms. The van der Waals surface area contributed by atoms with E-state index in [0.29, 0.717) is 30.2 Å². The lowest BCUT2D eigenvalue weighted by Gasteiger charge is -2.10. The van der Waals surface area contributed by atoms with Crippen LogP contribution in [0.1, 0.15) is 24.2 Å². The van der Waals surface area contributed by atoms with Crippen LogP contribution in [0.25, 0.3) is 0 Å². The molecule has 1 saturated heterocycles. The number of carbonyl (C=O) groups excluding carboxylic acids is 2. The van der Waals surface area contributed by atoms with Crippen molar-refractivity contribution >= 4 is 28.3 Å². The van der Waals surface area contributed by atoms with Crippen LogP contribution in [0.4, 0.5) is 5.13 Å². The van der Waals surface area contributed by atoms with Crippen molar-refractivity contribution in [2.75, 3.05) is 18.0 Å². The van der Waals surface area contributed by atoms with Crippen molar-refractivity contribution in [1.29, 1.82) is 0 Å².